The van der Waals surface area contributed by atoms with Gasteiger partial charge < -0.3 is 73.3 Å². The average molecular weight is 1710 g/mol. The Labute approximate surface area is 560 Å². The molecular weight excluding hydrogens is 1660 g/mol. The zero-order chi connectivity index (χ0) is 76.6. The van der Waals surface area contributed by atoms with Crippen molar-refractivity contribution in [2.45, 2.75) is 154 Å². The van der Waals surface area contributed by atoms with Crippen molar-refractivity contribution in [1.82, 2.24) is 0 Å². The fraction of sp³-hybridized carbons (Fsp3) is 1.00. The number of ether oxygens (including phenoxy) is 9. The summed E-state index contributed by atoms with van der Waals surface area (Å²) in [5, 5.41) is 67.3. The van der Waals surface area contributed by atoms with Gasteiger partial charge >= 0.3 is 114 Å². The molecule has 5 aliphatic heterocycles. The van der Waals surface area contributed by atoms with Gasteiger partial charge in [-0.25, -0.2) is 46.0 Å². The Morgan fingerprint density at radius 2 is 0.460 bits per heavy atom. The first-order valence-corrected chi connectivity index (χ1v) is 39.9. The zero-order valence-corrected chi connectivity index (χ0v) is 56.2. The van der Waals surface area contributed by atoms with Gasteiger partial charge in [-0.05, 0) is 0 Å². The lowest BCUT2D eigenvalue weighted by molar-refractivity contribution is -0.387. The normalized spacial score (nSPS) is 36.8. The molecule has 592 valence electrons. The lowest BCUT2D eigenvalue weighted by atomic mass is 9.95. The molecule has 100 heavy (non-hydrogen) atoms. The van der Waals surface area contributed by atoms with Crippen molar-refractivity contribution in [3.63, 3.8) is 0 Å². The van der Waals surface area contributed by atoms with E-state index in [0.717, 1.165) is 0 Å². The van der Waals surface area contributed by atoms with Crippen molar-refractivity contribution in [1.29, 1.82) is 0 Å². The number of aliphatic hydroxyl groups excluding tert-OH is 6. The lowest BCUT2D eigenvalue weighted by Gasteiger charge is -2.50. The summed E-state index contributed by atoms with van der Waals surface area (Å²) >= 11 is 0. The van der Waals surface area contributed by atoms with Crippen molar-refractivity contribution in [2.75, 3.05) is 33.0 Å². The Hall–Kier alpha value is -2.03. The van der Waals surface area contributed by atoms with Crippen LogP contribution in [0.25, 0.3) is 0 Å². The number of aliphatic hydroxyl groups is 6. The van der Waals surface area contributed by atoms with E-state index in [0.29, 0.717) is 0 Å². The molecule has 17 N–H and O–H groups in total. The van der Waals surface area contributed by atoms with Crippen LogP contribution in [-0.4, -0.2) is 360 Å². The highest BCUT2D eigenvalue weighted by Crippen LogP contribution is 2.40. The maximum atomic E-state index is 12.6. The molecule has 0 aromatic heterocycles. The van der Waals surface area contributed by atoms with Gasteiger partial charge in [0.25, 0.3) is 0 Å². The minimum Gasteiger partial charge on any atom is -0.394 e. The van der Waals surface area contributed by atoms with Crippen molar-refractivity contribution in [3.8, 4) is 0 Å². The van der Waals surface area contributed by atoms with Crippen molar-refractivity contribution < 1.29 is 262 Å². The van der Waals surface area contributed by atoms with Crippen molar-refractivity contribution >= 4 is 114 Å². The fourth-order valence-corrected chi connectivity index (χ4v) is 13.9. The van der Waals surface area contributed by atoms with Crippen molar-refractivity contribution in [3.05, 3.63) is 0 Å². The highest BCUT2D eigenvalue weighted by atomic mass is 32.3. The van der Waals surface area contributed by atoms with Crippen LogP contribution in [0.1, 0.15) is 0 Å². The van der Waals surface area contributed by atoms with E-state index >= 15 is 0 Å². The first kappa shape index (κ1) is 88.6. The maximum Gasteiger partial charge on any atom is 0.397 e. The third-order valence-corrected chi connectivity index (χ3v) is 17.6. The molecule has 70 heteroatoms. The average Bonchev–Trinajstić information content (AvgIpc) is 0.766. The Kier molecular flexibility index (Phi) is 29.4. The minimum atomic E-state index is -6.41. The van der Waals surface area contributed by atoms with Crippen LogP contribution in [0.15, 0.2) is 0 Å². The molecule has 0 radical (unpaired) electrons. The highest BCUT2D eigenvalue weighted by Gasteiger charge is 2.61. The van der Waals surface area contributed by atoms with Crippen LogP contribution in [-0.2, 0) is 203 Å². The van der Waals surface area contributed by atoms with Crippen LogP contribution in [0.4, 0.5) is 0 Å². The zero-order valence-electron chi connectivity index (χ0n) is 47.2. The third-order valence-electron chi connectivity index (χ3n) is 12.6. The van der Waals surface area contributed by atoms with Crippen molar-refractivity contribution in [2.24, 2.45) is 0 Å². The molecule has 0 bridgehead atoms. The summed E-state index contributed by atoms with van der Waals surface area (Å²) in [6, 6.07) is 0. The van der Waals surface area contributed by atoms with E-state index in [1.807, 2.05) is 0 Å². The molecule has 5 rings (SSSR count). The van der Waals surface area contributed by atoms with Gasteiger partial charge in [-0.1, -0.05) is 0 Å². The highest BCUT2D eigenvalue weighted by molar-refractivity contribution is 7.83. The van der Waals surface area contributed by atoms with Crippen LogP contribution < -0.4 is 0 Å². The lowest BCUT2D eigenvalue weighted by Crippen LogP contribution is -2.69. The molecule has 0 unspecified atom stereocenters. The standard InChI is InChI=1S/C30H52O59S11/c31-1-6-17(24(88-99(64,65)66)25(26(36)74-6)89-100(67,68)69)81-29-22(86-97(58,59)60)11(32)15(7(77-29)2-70-90(37,38)39)79-27-13(34)20(84-95(52,53)54)18(9(75-27)4-72-92(43,44)45)82-30-23(87-98(61,62)63)12(33)16(8(78-30)3-71-91(40,41)42)80-28-14(35)21(85-96(55,56)57)19(83-94(49,50)51)10(76-28)5-73-93(46,47)48/h6-36H,1-5H2,(H,37,38,39)(H,40,41,42)(H,43,44,45)(H,46,47,48)(H,49,50,51)(H,52,53,54)(H,55,56,57)(H,58,59,60)(H,61,62,63)(H,64,65,66)(H,67,68,69)/t6-,7-,8-,9-,10-,11+,12-,13-,14-,15-,16-,17-,18-,19-,20-,21-,22-,23-,24+,25-,26-,27+,28+,29-,30-/m1/s1. The smallest absolute Gasteiger partial charge is 0.394 e. The van der Waals surface area contributed by atoms with Gasteiger partial charge in [-0.15, -0.1) is 0 Å². The van der Waals surface area contributed by atoms with Gasteiger partial charge in [-0.3, -0.25) is 50.1 Å². The first-order chi connectivity index (χ1) is 44.9. The molecule has 0 aromatic rings. The summed E-state index contributed by atoms with van der Waals surface area (Å²) < 4.78 is 464. The monoisotopic (exact) mass is 1710 g/mol. The van der Waals surface area contributed by atoms with Gasteiger partial charge in [0, 0.05) is 0 Å². The van der Waals surface area contributed by atoms with Gasteiger partial charge in [0.15, 0.2) is 49.8 Å². The van der Waals surface area contributed by atoms with Gasteiger partial charge in [0.05, 0.1) is 33.0 Å². The molecule has 0 aliphatic carbocycles. The second-order valence-electron chi connectivity index (χ2n) is 19.6. The quantitative estimate of drug-likeness (QED) is 0.0262. The largest absolute Gasteiger partial charge is 0.397 e. The number of rotatable bonds is 35. The van der Waals surface area contributed by atoms with Crippen LogP contribution in [0, 0.1) is 0 Å². The van der Waals surface area contributed by atoms with Crippen LogP contribution in [0.3, 0.4) is 0 Å². The first-order valence-electron chi connectivity index (χ1n) is 24.9. The van der Waals surface area contributed by atoms with Crippen LogP contribution in [0.5, 0.6) is 0 Å². The molecule has 5 fully saturated rings. The van der Waals surface area contributed by atoms with E-state index < -0.39 is 301 Å². The Bertz CT molecular complexity index is 4110. The van der Waals surface area contributed by atoms with E-state index in [4.69, 9.17) is 42.6 Å². The molecular formula is C30H52O59S11. The third kappa shape index (κ3) is 28.3. The predicted octanol–water partition coefficient (Wildman–Crippen LogP) is -13.8. The second kappa shape index (κ2) is 33.2. The molecule has 0 aromatic carbocycles. The summed E-state index contributed by atoms with van der Waals surface area (Å²) in [5.74, 6) is 0. The summed E-state index contributed by atoms with van der Waals surface area (Å²) in [4.78, 5) is 0. The van der Waals surface area contributed by atoms with E-state index in [2.05, 4.69) is 46.0 Å². The molecule has 25 atom stereocenters. The van der Waals surface area contributed by atoms with Gasteiger partial charge in [0.1, 0.15) is 104 Å². The summed E-state index contributed by atoms with van der Waals surface area (Å²) in [7, 11) is -66.8. The molecule has 0 spiro atoms. The Morgan fingerprint density at radius 1 is 0.230 bits per heavy atom. The Morgan fingerprint density at radius 3 is 0.760 bits per heavy atom. The van der Waals surface area contributed by atoms with Crippen LogP contribution in [0.2, 0.25) is 0 Å². The molecule has 5 aliphatic rings. The van der Waals surface area contributed by atoms with E-state index in [9.17, 15) is 173 Å². The summed E-state index contributed by atoms with van der Waals surface area (Å²) in [5.41, 5.74) is 0. The number of hydrogen-bond acceptors (Lipinski definition) is 48. The maximum absolute atomic E-state index is 12.6. The summed E-state index contributed by atoms with van der Waals surface area (Å²) in [6.07, 6.45) is -78.1. The molecule has 0 saturated carbocycles. The van der Waals surface area contributed by atoms with Gasteiger partial charge in [0.2, 0.25) is 0 Å². The SMILES string of the molecule is O=S(=O)(O)OC[C@H]1O[C@H](O[C@H]2[C@H](OS(=O)(=O)O)[C@@H](OS(=O)(=O)O)[C@H](O)O[C@@H]2CO)[C@H](OS(=O)(=O)O)[C@@H](O)[C@@H]1O[C@@H]1O[C@H](COS(=O)(=O)O)[C@@H](O[C@H]2O[C@H](COS(=O)(=O)O)[C@@H](O[C@@H]3O[C@H](COS(=O)(=O)O)[C@@H](OS(=O)(=O)O)[C@H](OS(=O)(=O)O)[C@H]3O)[C@@H](O)[C@H]2OS(=O)(=O)O)[C@H](OS(=O)(=O)O)[C@H]1O. The van der Waals surface area contributed by atoms with E-state index in [1.165, 1.54) is 0 Å². The minimum absolute atomic E-state index is 1.63. The Balaban J connectivity index is 1.66. The summed E-state index contributed by atoms with van der Waals surface area (Å²) in [6.45, 7) is -9.63. The van der Waals surface area contributed by atoms with E-state index in [1.54, 1.807) is 0 Å². The number of hydrogen-bond donors (Lipinski definition) is 17. The molecule has 5 saturated heterocycles. The van der Waals surface area contributed by atoms with Crippen LogP contribution >= 0.6 is 0 Å². The molecule has 5 heterocycles. The predicted molar refractivity (Wildman–Crippen MR) is 281 cm³/mol. The molecule has 0 amide bonds. The second-order valence-corrected chi connectivity index (χ2v) is 31.3. The fourth-order valence-electron chi connectivity index (χ4n) is 9.23. The molecule has 59 nitrogen and oxygen atoms in total. The van der Waals surface area contributed by atoms with E-state index in [-0.39, 0.29) is 0 Å². The van der Waals surface area contributed by atoms with Gasteiger partial charge in [-0.2, -0.15) is 92.6 Å². The topological polar surface area (TPSA) is 904 Å².